The molecule has 0 aliphatic carbocycles. The van der Waals surface area contributed by atoms with Gasteiger partial charge in [-0.2, -0.15) is 4.72 Å². The Morgan fingerprint density at radius 1 is 1.32 bits per heavy atom. The van der Waals surface area contributed by atoms with Crippen LogP contribution >= 0.6 is 0 Å². The Hall–Kier alpha value is -2.00. The van der Waals surface area contributed by atoms with E-state index in [2.05, 4.69) is 4.74 Å². The Morgan fingerprint density at radius 3 is 2.45 bits per heavy atom. The standard InChI is InChI=1S/C13H17FN2O5S/c1-9(13(18)21-8-12(17)16(2)3)15-22(19,20)11-7-5-4-6-10(11)14/h4-7,9,15H,8H2,1-3H3/t9-/m0/s1. The number of amides is 1. The molecule has 0 saturated carbocycles. The van der Waals surface area contributed by atoms with Gasteiger partial charge in [0.05, 0.1) is 0 Å². The number of carbonyl (C=O) groups is 2. The van der Waals surface area contributed by atoms with E-state index < -0.39 is 45.3 Å². The summed E-state index contributed by atoms with van der Waals surface area (Å²) in [6.45, 7) is 0.735. The van der Waals surface area contributed by atoms with Gasteiger partial charge in [-0.3, -0.25) is 9.59 Å². The third-order valence-electron chi connectivity index (χ3n) is 2.65. The number of carbonyl (C=O) groups excluding carboxylic acids is 2. The van der Waals surface area contributed by atoms with Crippen LogP contribution in [0.3, 0.4) is 0 Å². The van der Waals surface area contributed by atoms with Crippen molar-refractivity contribution in [3.8, 4) is 0 Å². The first-order valence-corrected chi connectivity index (χ1v) is 7.77. The lowest BCUT2D eigenvalue weighted by Gasteiger charge is -2.15. The van der Waals surface area contributed by atoms with Crippen LogP contribution in [0.25, 0.3) is 0 Å². The summed E-state index contributed by atoms with van der Waals surface area (Å²) in [5.74, 6) is -2.31. The Morgan fingerprint density at radius 2 is 1.91 bits per heavy atom. The van der Waals surface area contributed by atoms with Crippen LogP contribution in [-0.2, 0) is 24.3 Å². The van der Waals surface area contributed by atoms with Crippen LogP contribution < -0.4 is 4.72 Å². The number of benzene rings is 1. The summed E-state index contributed by atoms with van der Waals surface area (Å²) >= 11 is 0. The van der Waals surface area contributed by atoms with Crippen LogP contribution in [0.5, 0.6) is 0 Å². The molecule has 0 aliphatic heterocycles. The highest BCUT2D eigenvalue weighted by Crippen LogP contribution is 2.13. The van der Waals surface area contributed by atoms with Gasteiger partial charge in [-0.15, -0.1) is 0 Å². The number of hydrogen-bond acceptors (Lipinski definition) is 5. The van der Waals surface area contributed by atoms with Gasteiger partial charge in [0.1, 0.15) is 16.8 Å². The van der Waals surface area contributed by atoms with Gasteiger partial charge in [0, 0.05) is 14.1 Å². The monoisotopic (exact) mass is 332 g/mol. The average Bonchev–Trinajstić information content (AvgIpc) is 2.43. The Kier molecular flexibility index (Phi) is 6.01. The van der Waals surface area contributed by atoms with Crippen LogP contribution in [-0.4, -0.2) is 51.9 Å². The summed E-state index contributed by atoms with van der Waals surface area (Å²) in [7, 11) is -1.24. The van der Waals surface area contributed by atoms with E-state index in [1.54, 1.807) is 0 Å². The van der Waals surface area contributed by atoms with Crippen molar-refractivity contribution in [3.05, 3.63) is 30.1 Å². The highest BCUT2D eigenvalue weighted by Gasteiger charge is 2.25. The molecule has 0 spiro atoms. The van der Waals surface area contributed by atoms with Crippen LogP contribution in [0.4, 0.5) is 4.39 Å². The van der Waals surface area contributed by atoms with E-state index in [0.29, 0.717) is 0 Å². The maximum Gasteiger partial charge on any atom is 0.324 e. The summed E-state index contributed by atoms with van der Waals surface area (Å²) in [6.07, 6.45) is 0. The smallest absolute Gasteiger partial charge is 0.324 e. The van der Waals surface area contributed by atoms with E-state index in [0.717, 1.165) is 12.1 Å². The molecule has 1 atom stereocenters. The van der Waals surface area contributed by atoms with Crippen LogP contribution in [0.15, 0.2) is 29.2 Å². The Labute approximate surface area is 128 Å². The van der Waals surface area contributed by atoms with Gasteiger partial charge in [0.25, 0.3) is 5.91 Å². The van der Waals surface area contributed by atoms with Crippen molar-refractivity contribution in [2.24, 2.45) is 0 Å². The van der Waals surface area contributed by atoms with Crippen molar-refractivity contribution in [1.82, 2.24) is 9.62 Å². The molecule has 1 aromatic carbocycles. The number of nitrogens with zero attached hydrogens (tertiary/aromatic N) is 1. The fraction of sp³-hybridized carbons (Fsp3) is 0.385. The normalized spacial score (nSPS) is 12.5. The minimum absolute atomic E-state index is 0.447. The van der Waals surface area contributed by atoms with Crippen molar-refractivity contribution >= 4 is 21.9 Å². The first-order chi connectivity index (χ1) is 10.1. The zero-order valence-electron chi connectivity index (χ0n) is 12.4. The topological polar surface area (TPSA) is 92.8 Å². The number of nitrogens with one attached hydrogen (secondary N) is 1. The number of halogens is 1. The quantitative estimate of drug-likeness (QED) is 0.747. The van der Waals surface area contributed by atoms with E-state index in [1.165, 1.54) is 38.1 Å². The number of esters is 1. The fourth-order valence-electron chi connectivity index (χ4n) is 1.39. The minimum atomic E-state index is -4.21. The second-order valence-corrected chi connectivity index (χ2v) is 6.35. The first kappa shape index (κ1) is 18.1. The van der Waals surface area contributed by atoms with Crippen molar-refractivity contribution in [1.29, 1.82) is 0 Å². The molecule has 1 amide bonds. The van der Waals surface area contributed by atoms with Gasteiger partial charge < -0.3 is 9.64 Å². The third kappa shape index (κ3) is 4.78. The van der Waals surface area contributed by atoms with Crippen LogP contribution in [0, 0.1) is 5.82 Å². The van der Waals surface area contributed by atoms with Crippen molar-refractivity contribution < 1.29 is 27.1 Å². The van der Waals surface area contributed by atoms with E-state index in [4.69, 9.17) is 0 Å². The molecule has 0 aliphatic rings. The maximum absolute atomic E-state index is 13.5. The second kappa shape index (κ2) is 7.32. The SMILES string of the molecule is C[C@H](NS(=O)(=O)c1ccccc1F)C(=O)OCC(=O)N(C)C. The number of likely N-dealkylation sites (N-methyl/N-ethyl adjacent to an activating group) is 1. The van der Waals surface area contributed by atoms with Gasteiger partial charge in [-0.25, -0.2) is 12.8 Å². The first-order valence-electron chi connectivity index (χ1n) is 6.29. The van der Waals surface area contributed by atoms with E-state index >= 15 is 0 Å². The van der Waals surface area contributed by atoms with Crippen LogP contribution in [0.2, 0.25) is 0 Å². The molecule has 0 unspecified atom stereocenters. The lowest BCUT2D eigenvalue weighted by Crippen LogP contribution is -2.41. The third-order valence-corrected chi connectivity index (χ3v) is 4.22. The van der Waals surface area contributed by atoms with Gasteiger partial charge in [-0.05, 0) is 19.1 Å². The molecule has 0 bridgehead atoms. The average molecular weight is 332 g/mol. The lowest BCUT2D eigenvalue weighted by atomic mass is 10.3. The van der Waals surface area contributed by atoms with E-state index in [-0.39, 0.29) is 0 Å². The van der Waals surface area contributed by atoms with E-state index in [1.807, 2.05) is 4.72 Å². The molecule has 1 aromatic rings. The number of ether oxygens (including phenoxy) is 1. The molecular formula is C13H17FN2O5S. The molecule has 22 heavy (non-hydrogen) atoms. The van der Waals surface area contributed by atoms with Crippen LogP contribution in [0.1, 0.15) is 6.92 Å². The van der Waals surface area contributed by atoms with Gasteiger partial charge in [0.2, 0.25) is 10.0 Å². The lowest BCUT2D eigenvalue weighted by molar-refractivity contribution is -0.152. The molecule has 7 nitrogen and oxygen atoms in total. The van der Waals surface area contributed by atoms with Gasteiger partial charge >= 0.3 is 5.97 Å². The summed E-state index contributed by atoms with van der Waals surface area (Å²) in [5, 5.41) is 0. The zero-order chi connectivity index (χ0) is 16.9. The Balaban J connectivity index is 2.71. The molecule has 0 saturated heterocycles. The highest BCUT2D eigenvalue weighted by atomic mass is 32.2. The van der Waals surface area contributed by atoms with Crippen molar-refractivity contribution in [2.45, 2.75) is 17.9 Å². The predicted molar refractivity (Wildman–Crippen MR) is 75.8 cm³/mol. The minimum Gasteiger partial charge on any atom is -0.454 e. The number of rotatable bonds is 6. The molecular weight excluding hydrogens is 315 g/mol. The molecule has 0 heterocycles. The van der Waals surface area contributed by atoms with Gasteiger partial charge in [-0.1, -0.05) is 12.1 Å². The van der Waals surface area contributed by atoms with Crippen molar-refractivity contribution in [3.63, 3.8) is 0 Å². The summed E-state index contributed by atoms with van der Waals surface area (Å²) in [6, 6.07) is 3.51. The Bertz CT molecular complexity index is 660. The van der Waals surface area contributed by atoms with E-state index in [9.17, 15) is 22.4 Å². The molecule has 0 radical (unpaired) electrons. The number of hydrogen-bond donors (Lipinski definition) is 1. The second-order valence-electron chi connectivity index (χ2n) is 4.67. The fourth-order valence-corrected chi connectivity index (χ4v) is 2.67. The summed E-state index contributed by atoms with van der Waals surface area (Å²) in [5.41, 5.74) is 0. The molecule has 0 aromatic heterocycles. The van der Waals surface area contributed by atoms with Crippen molar-refractivity contribution in [2.75, 3.05) is 20.7 Å². The molecule has 122 valence electrons. The zero-order valence-corrected chi connectivity index (χ0v) is 13.2. The molecule has 1 rings (SSSR count). The molecule has 1 N–H and O–H groups in total. The summed E-state index contributed by atoms with van der Waals surface area (Å²) in [4.78, 5) is 23.6. The molecule has 9 heteroatoms. The van der Waals surface area contributed by atoms with Gasteiger partial charge in [0.15, 0.2) is 6.61 Å². The largest absolute Gasteiger partial charge is 0.454 e. The molecule has 0 fully saturated rings. The number of sulfonamides is 1. The predicted octanol–water partition coefficient (Wildman–Crippen LogP) is 0.124. The maximum atomic E-state index is 13.5. The highest BCUT2D eigenvalue weighted by molar-refractivity contribution is 7.89. The summed E-state index contributed by atoms with van der Waals surface area (Å²) < 4.78 is 44.1.